The minimum absolute atomic E-state index is 0.244. The third-order valence-corrected chi connectivity index (χ3v) is 2.26. The number of hydrogen-bond acceptors (Lipinski definition) is 4. The van der Waals surface area contributed by atoms with Crippen LogP contribution < -0.4 is 10.6 Å². The molecule has 0 heterocycles. The normalized spacial score (nSPS) is 9.68. The van der Waals surface area contributed by atoms with Gasteiger partial charge in [-0.1, -0.05) is 44.2 Å². The second kappa shape index (κ2) is 15.0. The highest BCUT2D eigenvalue weighted by Crippen LogP contribution is 2.04. The van der Waals surface area contributed by atoms with Crippen molar-refractivity contribution in [2.75, 3.05) is 14.2 Å². The Hall–Kier alpha value is -2.37. The van der Waals surface area contributed by atoms with E-state index in [4.69, 9.17) is 4.79 Å². The van der Waals surface area contributed by atoms with E-state index in [1.54, 1.807) is 7.05 Å². The Morgan fingerprint density at radius 2 is 1.73 bits per heavy atom. The number of benzene rings is 1. The van der Waals surface area contributed by atoms with Gasteiger partial charge in [0, 0.05) is 20.4 Å². The summed E-state index contributed by atoms with van der Waals surface area (Å²) in [5.41, 5.74) is 0.978. The summed E-state index contributed by atoms with van der Waals surface area (Å²) >= 11 is 0. The number of hydrogen-bond donors (Lipinski definition) is 2. The molecule has 1 aromatic rings. The van der Waals surface area contributed by atoms with Crippen molar-refractivity contribution in [1.29, 1.82) is 0 Å². The second-order valence-electron chi connectivity index (χ2n) is 3.87. The van der Waals surface area contributed by atoms with E-state index in [0.29, 0.717) is 12.8 Å². The Bertz CT molecular complexity index is 421. The average Bonchev–Trinajstić information content (AvgIpc) is 2.56. The second-order valence-corrected chi connectivity index (χ2v) is 3.87. The predicted molar refractivity (Wildman–Crippen MR) is 86.2 cm³/mol. The van der Waals surface area contributed by atoms with Gasteiger partial charge in [0.05, 0.1) is 7.11 Å². The smallest absolute Gasteiger partial charge is 0.328 e. The molecule has 1 rings (SSSR count). The summed E-state index contributed by atoms with van der Waals surface area (Å²) in [4.78, 5) is 31.4. The first kappa shape index (κ1) is 21.9. The van der Waals surface area contributed by atoms with Gasteiger partial charge < -0.3 is 15.4 Å². The Morgan fingerprint density at radius 3 is 2.09 bits per heavy atom. The first-order chi connectivity index (χ1) is 10.5. The lowest BCUT2D eigenvalue weighted by molar-refractivity contribution is -0.144. The molecule has 2 amide bonds. The van der Waals surface area contributed by atoms with Crippen molar-refractivity contribution >= 4 is 18.3 Å². The summed E-state index contributed by atoms with van der Waals surface area (Å²) in [6.07, 6.45) is 1.06. The Kier molecular flexibility index (Phi) is 15.0. The minimum atomic E-state index is -0.620. The molecule has 2 N–H and O–H groups in total. The minimum Gasteiger partial charge on any atom is -0.467 e. The lowest BCUT2D eigenvalue weighted by atomic mass is 10.1. The summed E-state index contributed by atoms with van der Waals surface area (Å²) < 4.78 is 4.63. The van der Waals surface area contributed by atoms with Crippen LogP contribution in [0, 0.1) is 0 Å². The summed E-state index contributed by atoms with van der Waals surface area (Å²) in [6, 6.07) is 8.85. The zero-order chi connectivity index (χ0) is 17.4. The van der Waals surface area contributed by atoms with Crippen molar-refractivity contribution < 1.29 is 19.1 Å². The van der Waals surface area contributed by atoms with Crippen LogP contribution in [0.1, 0.15) is 26.3 Å². The highest BCUT2D eigenvalue weighted by molar-refractivity contribution is 5.83. The fraction of sp³-hybridized carbons (Fsp3) is 0.438. The Labute approximate surface area is 132 Å². The standard InChI is InChI=1S/C12H15NO3.C2H5NO.C2H6/c1-9(14)13-11(12(15)16-2)8-10-6-4-3-5-7-10;1-3-2-4;1-2/h3-7,11H,8H2,1-2H3,(H,13,14);2H,1H3,(H,3,4);1-2H3. The fourth-order valence-corrected chi connectivity index (χ4v) is 1.43. The molecule has 0 radical (unpaired) electrons. The van der Waals surface area contributed by atoms with E-state index in [0.717, 1.165) is 5.56 Å². The first-order valence-electron chi connectivity index (χ1n) is 7.04. The summed E-state index contributed by atoms with van der Waals surface area (Å²) in [7, 11) is 2.87. The van der Waals surface area contributed by atoms with Crippen molar-refractivity contribution in [2.45, 2.75) is 33.2 Å². The van der Waals surface area contributed by atoms with Gasteiger partial charge in [-0.15, -0.1) is 0 Å². The molecule has 22 heavy (non-hydrogen) atoms. The van der Waals surface area contributed by atoms with Crippen LogP contribution in [0.5, 0.6) is 0 Å². The fourth-order valence-electron chi connectivity index (χ4n) is 1.43. The first-order valence-corrected chi connectivity index (χ1v) is 7.04. The number of carbonyl (C=O) groups is 3. The van der Waals surface area contributed by atoms with Gasteiger partial charge in [-0.25, -0.2) is 4.79 Å². The molecule has 0 fully saturated rings. The van der Waals surface area contributed by atoms with E-state index in [2.05, 4.69) is 15.4 Å². The van der Waals surface area contributed by atoms with Gasteiger partial charge in [0.2, 0.25) is 12.3 Å². The van der Waals surface area contributed by atoms with Crippen molar-refractivity contribution in [3.63, 3.8) is 0 Å². The quantitative estimate of drug-likeness (QED) is 0.634. The molecule has 1 aromatic carbocycles. The molecular weight excluding hydrogens is 284 g/mol. The highest BCUT2D eigenvalue weighted by Gasteiger charge is 2.20. The van der Waals surface area contributed by atoms with Crippen LogP contribution in [0.15, 0.2) is 30.3 Å². The molecule has 0 saturated heterocycles. The van der Waals surface area contributed by atoms with E-state index in [-0.39, 0.29) is 5.91 Å². The number of ether oxygens (including phenoxy) is 1. The van der Waals surface area contributed by atoms with Crippen molar-refractivity contribution in [3.05, 3.63) is 35.9 Å². The summed E-state index contributed by atoms with van der Waals surface area (Å²) in [5, 5.41) is 4.82. The lowest BCUT2D eigenvalue weighted by Crippen LogP contribution is -2.41. The maximum absolute atomic E-state index is 11.4. The molecule has 0 aliphatic heterocycles. The maximum Gasteiger partial charge on any atom is 0.328 e. The van der Waals surface area contributed by atoms with Crippen molar-refractivity contribution in [3.8, 4) is 0 Å². The topological polar surface area (TPSA) is 84.5 Å². The van der Waals surface area contributed by atoms with E-state index < -0.39 is 12.0 Å². The van der Waals surface area contributed by atoms with E-state index in [1.807, 2.05) is 44.2 Å². The number of nitrogens with one attached hydrogen (secondary N) is 2. The summed E-state index contributed by atoms with van der Waals surface area (Å²) in [5.74, 6) is -0.676. The SMILES string of the molecule is CC.CNC=O.COC(=O)C(Cc1ccccc1)NC(C)=O. The molecule has 0 aromatic heterocycles. The number of carbonyl (C=O) groups excluding carboxylic acids is 3. The largest absolute Gasteiger partial charge is 0.467 e. The van der Waals surface area contributed by atoms with Gasteiger partial charge in [0.1, 0.15) is 6.04 Å². The monoisotopic (exact) mass is 310 g/mol. The molecule has 1 unspecified atom stereocenters. The molecule has 0 bridgehead atoms. The van der Waals surface area contributed by atoms with Gasteiger partial charge in [0.25, 0.3) is 0 Å². The molecule has 0 aliphatic carbocycles. The molecule has 124 valence electrons. The van der Waals surface area contributed by atoms with Gasteiger partial charge in [0.15, 0.2) is 0 Å². The number of methoxy groups -OCH3 is 1. The van der Waals surface area contributed by atoms with E-state index >= 15 is 0 Å². The van der Waals surface area contributed by atoms with Gasteiger partial charge in [-0.3, -0.25) is 9.59 Å². The molecule has 0 saturated carbocycles. The van der Waals surface area contributed by atoms with Crippen LogP contribution in [0.2, 0.25) is 0 Å². The van der Waals surface area contributed by atoms with Crippen LogP contribution in [-0.4, -0.2) is 38.5 Å². The zero-order valence-electron chi connectivity index (χ0n) is 13.9. The van der Waals surface area contributed by atoms with Crippen molar-refractivity contribution in [2.24, 2.45) is 0 Å². The maximum atomic E-state index is 11.4. The summed E-state index contributed by atoms with van der Waals surface area (Å²) in [6.45, 7) is 5.38. The van der Waals surface area contributed by atoms with E-state index in [1.165, 1.54) is 14.0 Å². The zero-order valence-corrected chi connectivity index (χ0v) is 13.9. The lowest BCUT2D eigenvalue weighted by Gasteiger charge is -2.15. The van der Waals surface area contributed by atoms with Gasteiger partial charge in [-0.05, 0) is 5.56 Å². The molecule has 1 atom stereocenters. The van der Waals surface area contributed by atoms with Crippen LogP contribution in [0.4, 0.5) is 0 Å². The Morgan fingerprint density at radius 1 is 1.23 bits per heavy atom. The molecule has 6 heteroatoms. The average molecular weight is 310 g/mol. The number of rotatable bonds is 5. The molecular formula is C16H26N2O4. The van der Waals surface area contributed by atoms with Gasteiger partial charge >= 0.3 is 5.97 Å². The molecule has 0 aliphatic rings. The molecule has 6 nitrogen and oxygen atoms in total. The Balaban J connectivity index is 0. The van der Waals surface area contributed by atoms with Crippen molar-refractivity contribution in [1.82, 2.24) is 10.6 Å². The highest BCUT2D eigenvalue weighted by atomic mass is 16.5. The third kappa shape index (κ3) is 11.5. The van der Waals surface area contributed by atoms with Crippen LogP contribution >= 0.6 is 0 Å². The predicted octanol–water partition coefficient (Wildman–Crippen LogP) is 1.30. The molecule has 0 spiro atoms. The van der Waals surface area contributed by atoms with Crippen LogP contribution in [0.25, 0.3) is 0 Å². The van der Waals surface area contributed by atoms with E-state index in [9.17, 15) is 9.59 Å². The number of amides is 2. The van der Waals surface area contributed by atoms with Crippen LogP contribution in [0.3, 0.4) is 0 Å². The van der Waals surface area contributed by atoms with Gasteiger partial charge in [-0.2, -0.15) is 0 Å². The van der Waals surface area contributed by atoms with Crippen LogP contribution in [-0.2, 0) is 25.5 Å². The third-order valence-electron chi connectivity index (χ3n) is 2.26. The number of esters is 1.